The van der Waals surface area contributed by atoms with Crippen molar-refractivity contribution >= 4 is 11.6 Å². The summed E-state index contributed by atoms with van der Waals surface area (Å²) in [5.41, 5.74) is 1.19. The smallest absolute Gasteiger partial charge is 0.129 e. The molecule has 0 bridgehead atoms. The van der Waals surface area contributed by atoms with Gasteiger partial charge in [0.1, 0.15) is 5.15 Å². The van der Waals surface area contributed by atoms with E-state index >= 15 is 0 Å². The molecule has 0 aliphatic heterocycles. The Labute approximate surface area is 102 Å². The first-order valence-corrected chi connectivity index (χ1v) is 5.88. The van der Waals surface area contributed by atoms with Crippen molar-refractivity contribution in [2.75, 3.05) is 13.7 Å². The summed E-state index contributed by atoms with van der Waals surface area (Å²) in [6.45, 7) is 5.09. The van der Waals surface area contributed by atoms with Crippen molar-refractivity contribution in [1.82, 2.24) is 10.3 Å². The predicted octanol–water partition coefficient (Wildman–Crippen LogP) is 2.29. The average Bonchev–Trinajstić information content (AvgIpc) is 2.30. The largest absolute Gasteiger partial charge is 0.380 e. The number of aromatic nitrogens is 1. The van der Waals surface area contributed by atoms with Gasteiger partial charge in [0.25, 0.3) is 0 Å². The van der Waals surface area contributed by atoms with E-state index in [2.05, 4.69) is 24.1 Å². The highest BCUT2D eigenvalue weighted by Gasteiger charge is 2.09. The van der Waals surface area contributed by atoms with Gasteiger partial charge < -0.3 is 10.1 Å². The number of pyridine rings is 1. The first-order valence-electron chi connectivity index (χ1n) is 5.50. The van der Waals surface area contributed by atoms with Crippen LogP contribution in [-0.4, -0.2) is 30.8 Å². The van der Waals surface area contributed by atoms with Crippen molar-refractivity contribution in [1.29, 1.82) is 0 Å². The molecule has 0 saturated heterocycles. The van der Waals surface area contributed by atoms with Crippen LogP contribution in [0.25, 0.3) is 0 Å². The standard InChI is InChI=1S/C12H19ClN2O/c1-9(10(2)16-3)14-7-6-11-4-5-12(13)15-8-11/h4-5,8-10,14H,6-7H2,1-3H3. The number of hydrogen-bond donors (Lipinski definition) is 1. The average molecular weight is 243 g/mol. The summed E-state index contributed by atoms with van der Waals surface area (Å²) >= 11 is 5.71. The molecule has 0 radical (unpaired) electrons. The Hall–Kier alpha value is -0.640. The highest BCUT2D eigenvalue weighted by molar-refractivity contribution is 6.29. The molecule has 0 aromatic carbocycles. The first kappa shape index (κ1) is 13.4. The van der Waals surface area contributed by atoms with Crippen LogP contribution in [0, 0.1) is 0 Å². The first-order chi connectivity index (χ1) is 7.63. The molecule has 1 rings (SSSR count). The molecule has 3 nitrogen and oxygen atoms in total. The number of methoxy groups -OCH3 is 1. The van der Waals surface area contributed by atoms with Crippen molar-refractivity contribution in [2.24, 2.45) is 0 Å². The van der Waals surface area contributed by atoms with Crippen molar-refractivity contribution in [3.05, 3.63) is 29.0 Å². The molecule has 1 aromatic heterocycles. The van der Waals surface area contributed by atoms with Crippen LogP contribution in [0.15, 0.2) is 18.3 Å². The molecular weight excluding hydrogens is 224 g/mol. The third-order valence-electron chi connectivity index (χ3n) is 2.74. The van der Waals surface area contributed by atoms with Crippen LogP contribution in [0.4, 0.5) is 0 Å². The van der Waals surface area contributed by atoms with Crippen LogP contribution in [0.5, 0.6) is 0 Å². The van der Waals surface area contributed by atoms with Gasteiger partial charge in [-0.05, 0) is 38.4 Å². The van der Waals surface area contributed by atoms with Gasteiger partial charge >= 0.3 is 0 Å². The van der Waals surface area contributed by atoms with Crippen LogP contribution in [0.2, 0.25) is 5.15 Å². The van der Waals surface area contributed by atoms with Gasteiger partial charge in [0, 0.05) is 19.3 Å². The summed E-state index contributed by atoms with van der Waals surface area (Å²) in [7, 11) is 1.73. The molecule has 1 aromatic rings. The fourth-order valence-corrected chi connectivity index (χ4v) is 1.48. The molecule has 0 aliphatic rings. The molecular formula is C12H19ClN2O. The molecule has 1 heterocycles. The second kappa shape index (κ2) is 6.84. The van der Waals surface area contributed by atoms with Crippen molar-refractivity contribution in [3.8, 4) is 0 Å². The van der Waals surface area contributed by atoms with Gasteiger partial charge in [0.15, 0.2) is 0 Å². The quantitative estimate of drug-likeness (QED) is 0.778. The van der Waals surface area contributed by atoms with Gasteiger partial charge in [-0.25, -0.2) is 4.98 Å². The number of halogens is 1. The lowest BCUT2D eigenvalue weighted by molar-refractivity contribution is 0.0890. The normalized spacial score (nSPS) is 14.8. The summed E-state index contributed by atoms with van der Waals surface area (Å²) in [5.74, 6) is 0. The van der Waals surface area contributed by atoms with E-state index in [-0.39, 0.29) is 6.10 Å². The van der Waals surface area contributed by atoms with Crippen LogP contribution in [-0.2, 0) is 11.2 Å². The second-order valence-corrected chi connectivity index (χ2v) is 4.31. The number of nitrogens with zero attached hydrogens (tertiary/aromatic N) is 1. The van der Waals surface area contributed by atoms with Crippen LogP contribution in [0.1, 0.15) is 19.4 Å². The topological polar surface area (TPSA) is 34.1 Å². The summed E-state index contributed by atoms with van der Waals surface area (Å²) in [4.78, 5) is 4.04. The molecule has 2 unspecified atom stereocenters. The van der Waals surface area contributed by atoms with E-state index in [9.17, 15) is 0 Å². The Bertz CT molecular complexity index is 302. The molecule has 1 N–H and O–H groups in total. The lowest BCUT2D eigenvalue weighted by atomic mass is 10.2. The summed E-state index contributed by atoms with van der Waals surface area (Å²) in [5, 5.41) is 3.95. The van der Waals surface area contributed by atoms with Crippen LogP contribution < -0.4 is 5.32 Å². The van der Waals surface area contributed by atoms with E-state index in [0.29, 0.717) is 11.2 Å². The minimum Gasteiger partial charge on any atom is -0.380 e. The van der Waals surface area contributed by atoms with Crippen molar-refractivity contribution in [2.45, 2.75) is 32.4 Å². The highest BCUT2D eigenvalue weighted by atomic mass is 35.5. The number of rotatable bonds is 6. The number of nitrogens with one attached hydrogen (secondary N) is 1. The molecule has 90 valence electrons. The molecule has 4 heteroatoms. The van der Waals surface area contributed by atoms with Gasteiger partial charge in [-0.2, -0.15) is 0 Å². The minimum atomic E-state index is 0.225. The van der Waals surface area contributed by atoms with E-state index in [1.165, 1.54) is 5.56 Å². The third kappa shape index (κ3) is 4.47. The lowest BCUT2D eigenvalue weighted by Gasteiger charge is -2.19. The fourth-order valence-electron chi connectivity index (χ4n) is 1.37. The molecule has 0 saturated carbocycles. The maximum absolute atomic E-state index is 5.71. The van der Waals surface area contributed by atoms with Gasteiger partial charge in [-0.3, -0.25) is 0 Å². The third-order valence-corrected chi connectivity index (χ3v) is 2.97. The van der Waals surface area contributed by atoms with E-state index in [4.69, 9.17) is 16.3 Å². The zero-order valence-corrected chi connectivity index (χ0v) is 10.8. The second-order valence-electron chi connectivity index (χ2n) is 3.92. The van der Waals surface area contributed by atoms with E-state index in [0.717, 1.165) is 13.0 Å². The monoisotopic (exact) mass is 242 g/mol. The Morgan fingerprint density at radius 2 is 2.19 bits per heavy atom. The summed E-state index contributed by atoms with van der Waals surface area (Å²) < 4.78 is 5.24. The minimum absolute atomic E-state index is 0.225. The van der Waals surface area contributed by atoms with Crippen LogP contribution in [0.3, 0.4) is 0 Å². The molecule has 0 amide bonds. The Kier molecular flexibility index (Phi) is 5.74. The van der Waals surface area contributed by atoms with Gasteiger partial charge in [-0.15, -0.1) is 0 Å². The fraction of sp³-hybridized carbons (Fsp3) is 0.583. The SMILES string of the molecule is COC(C)C(C)NCCc1ccc(Cl)nc1. The van der Waals surface area contributed by atoms with E-state index in [1.807, 2.05) is 18.3 Å². The lowest BCUT2D eigenvalue weighted by Crippen LogP contribution is -2.37. The Balaban J connectivity index is 2.27. The van der Waals surface area contributed by atoms with Crippen molar-refractivity contribution < 1.29 is 4.74 Å². The van der Waals surface area contributed by atoms with Crippen molar-refractivity contribution in [3.63, 3.8) is 0 Å². The maximum atomic E-state index is 5.71. The van der Waals surface area contributed by atoms with E-state index in [1.54, 1.807) is 7.11 Å². The molecule has 0 fully saturated rings. The molecule has 2 atom stereocenters. The summed E-state index contributed by atoms with van der Waals surface area (Å²) in [6, 6.07) is 4.17. The highest BCUT2D eigenvalue weighted by Crippen LogP contribution is 2.05. The number of ether oxygens (including phenoxy) is 1. The summed E-state index contributed by atoms with van der Waals surface area (Å²) in [6.07, 6.45) is 2.99. The van der Waals surface area contributed by atoms with Gasteiger partial charge in [0.2, 0.25) is 0 Å². The predicted molar refractivity (Wildman–Crippen MR) is 66.9 cm³/mol. The van der Waals surface area contributed by atoms with Crippen LogP contribution >= 0.6 is 11.6 Å². The van der Waals surface area contributed by atoms with E-state index < -0.39 is 0 Å². The zero-order chi connectivity index (χ0) is 12.0. The maximum Gasteiger partial charge on any atom is 0.129 e. The Morgan fingerprint density at radius 3 is 2.75 bits per heavy atom. The molecule has 0 aliphatic carbocycles. The zero-order valence-electron chi connectivity index (χ0n) is 10.0. The number of hydrogen-bond acceptors (Lipinski definition) is 3. The Morgan fingerprint density at radius 1 is 1.44 bits per heavy atom. The molecule has 16 heavy (non-hydrogen) atoms. The molecule has 0 spiro atoms. The van der Waals surface area contributed by atoms with Gasteiger partial charge in [-0.1, -0.05) is 17.7 Å². The van der Waals surface area contributed by atoms with Gasteiger partial charge in [0.05, 0.1) is 6.10 Å².